The Kier molecular flexibility index (Phi) is 3.90. The van der Waals surface area contributed by atoms with Gasteiger partial charge in [0, 0.05) is 15.8 Å². The topological polar surface area (TPSA) is 72.7 Å². The lowest BCUT2D eigenvalue weighted by Gasteiger charge is -2.05. The van der Waals surface area contributed by atoms with E-state index in [4.69, 9.17) is 11.6 Å². The number of carbonyl (C=O) groups is 1. The summed E-state index contributed by atoms with van der Waals surface area (Å²) < 4.78 is 15.5. The van der Waals surface area contributed by atoms with Crippen molar-refractivity contribution in [3.63, 3.8) is 0 Å². The molecule has 0 spiro atoms. The van der Waals surface area contributed by atoms with Gasteiger partial charge in [-0.1, -0.05) is 11.6 Å². The number of nitrogens with zero attached hydrogens (tertiary/aromatic N) is 4. The molecule has 0 aliphatic heterocycles. The number of nitrogens with one attached hydrogen (secondary N) is 1. The molecule has 0 aliphatic carbocycles. The zero-order chi connectivity index (χ0) is 17.4. The van der Waals surface area contributed by atoms with E-state index in [0.717, 1.165) is 17.0 Å². The summed E-state index contributed by atoms with van der Waals surface area (Å²) in [4.78, 5) is 12.8. The van der Waals surface area contributed by atoms with Gasteiger partial charge in [-0.2, -0.15) is 0 Å². The monoisotopic (exact) mass is 373 g/mol. The highest BCUT2D eigenvalue weighted by Gasteiger charge is 2.17. The van der Waals surface area contributed by atoms with Gasteiger partial charge >= 0.3 is 0 Å². The first-order chi connectivity index (χ1) is 12.1. The van der Waals surface area contributed by atoms with Crippen LogP contribution >= 0.6 is 22.9 Å². The second-order valence-electron chi connectivity index (χ2n) is 5.14. The van der Waals surface area contributed by atoms with E-state index in [0.29, 0.717) is 25.7 Å². The maximum atomic E-state index is 13.3. The number of tetrazole rings is 1. The lowest BCUT2D eigenvalue weighted by Crippen LogP contribution is -2.10. The molecule has 6 nitrogen and oxygen atoms in total. The molecule has 2 aromatic heterocycles. The summed E-state index contributed by atoms with van der Waals surface area (Å²) in [6.07, 6.45) is 1.48. The molecule has 0 bridgehead atoms. The maximum Gasteiger partial charge on any atom is 0.267 e. The lowest BCUT2D eigenvalue weighted by atomic mass is 10.2. The van der Waals surface area contributed by atoms with Crippen molar-refractivity contribution in [3.05, 3.63) is 64.5 Å². The Morgan fingerprint density at radius 3 is 2.72 bits per heavy atom. The molecule has 4 aromatic rings. The Labute approximate surface area is 149 Å². The largest absolute Gasteiger partial charge is 0.321 e. The van der Waals surface area contributed by atoms with Gasteiger partial charge in [-0.25, -0.2) is 9.07 Å². The van der Waals surface area contributed by atoms with Gasteiger partial charge in [0.15, 0.2) is 0 Å². The second kappa shape index (κ2) is 6.23. The number of hydrogen-bond acceptors (Lipinski definition) is 5. The van der Waals surface area contributed by atoms with Crippen LogP contribution in [0.15, 0.2) is 48.8 Å². The highest BCUT2D eigenvalue weighted by atomic mass is 35.5. The van der Waals surface area contributed by atoms with Crippen LogP contribution in [0.2, 0.25) is 5.02 Å². The number of anilines is 1. The van der Waals surface area contributed by atoms with E-state index < -0.39 is 0 Å². The standard InChI is InChI=1S/C16H9ClFN5OS/c17-14-12-6-1-9(18)7-13(12)25-15(14)16(24)20-10-2-4-11(5-3-10)23-8-19-21-22-23/h1-8H,(H,20,24). The van der Waals surface area contributed by atoms with Crippen LogP contribution in [0.5, 0.6) is 0 Å². The van der Waals surface area contributed by atoms with Crippen molar-refractivity contribution in [2.24, 2.45) is 0 Å². The number of halogens is 2. The van der Waals surface area contributed by atoms with E-state index in [-0.39, 0.29) is 11.7 Å². The van der Waals surface area contributed by atoms with Crippen LogP contribution in [0.1, 0.15) is 9.67 Å². The van der Waals surface area contributed by atoms with Crippen molar-refractivity contribution < 1.29 is 9.18 Å². The number of amides is 1. The van der Waals surface area contributed by atoms with E-state index in [9.17, 15) is 9.18 Å². The van der Waals surface area contributed by atoms with E-state index in [1.807, 2.05) is 0 Å². The molecule has 25 heavy (non-hydrogen) atoms. The smallest absolute Gasteiger partial charge is 0.267 e. The number of rotatable bonds is 3. The fourth-order valence-electron chi connectivity index (χ4n) is 2.35. The molecule has 0 saturated heterocycles. The molecule has 4 rings (SSSR count). The van der Waals surface area contributed by atoms with E-state index in [1.165, 1.54) is 23.1 Å². The van der Waals surface area contributed by atoms with Gasteiger partial charge in [0.05, 0.1) is 10.7 Å². The third-order valence-corrected chi connectivity index (χ3v) is 5.19. The predicted molar refractivity (Wildman–Crippen MR) is 93.9 cm³/mol. The van der Waals surface area contributed by atoms with Crippen LogP contribution in [-0.2, 0) is 0 Å². The number of fused-ring (bicyclic) bond motifs is 1. The molecule has 0 aliphatic rings. The molecule has 2 aromatic carbocycles. The van der Waals surface area contributed by atoms with Crippen molar-refractivity contribution in [3.8, 4) is 5.69 Å². The Hall–Kier alpha value is -2.84. The molecule has 0 fully saturated rings. The van der Waals surface area contributed by atoms with E-state index in [1.54, 1.807) is 30.3 Å². The minimum Gasteiger partial charge on any atom is -0.321 e. The van der Waals surface area contributed by atoms with Crippen LogP contribution < -0.4 is 5.32 Å². The summed E-state index contributed by atoms with van der Waals surface area (Å²) in [5.41, 5.74) is 1.36. The van der Waals surface area contributed by atoms with E-state index >= 15 is 0 Å². The highest BCUT2D eigenvalue weighted by molar-refractivity contribution is 7.21. The number of benzene rings is 2. The summed E-state index contributed by atoms with van der Waals surface area (Å²) in [6, 6.07) is 11.3. The lowest BCUT2D eigenvalue weighted by molar-refractivity contribution is 0.103. The summed E-state index contributed by atoms with van der Waals surface area (Å²) >= 11 is 7.42. The summed E-state index contributed by atoms with van der Waals surface area (Å²) in [6.45, 7) is 0. The number of hydrogen-bond donors (Lipinski definition) is 1. The summed E-state index contributed by atoms with van der Waals surface area (Å²) in [7, 11) is 0. The Morgan fingerprint density at radius 2 is 2.00 bits per heavy atom. The Morgan fingerprint density at radius 1 is 1.20 bits per heavy atom. The molecule has 124 valence electrons. The van der Waals surface area contributed by atoms with Crippen LogP contribution in [-0.4, -0.2) is 26.1 Å². The third-order valence-electron chi connectivity index (χ3n) is 3.54. The Bertz CT molecular complexity index is 1060. The molecular weight excluding hydrogens is 365 g/mol. The molecule has 9 heteroatoms. The minimum atomic E-state index is -0.365. The number of carbonyl (C=O) groups excluding carboxylic acids is 1. The van der Waals surface area contributed by atoms with Crippen molar-refractivity contribution in [2.45, 2.75) is 0 Å². The van der Waals surface area contributed by atoms with Crippen molar-refractivity contribution in [1.82, 2.24) is 20.2 Å². The molecule has 0 radical (unpaired) electrons. The average molecular weight is 374 g/mol. The van der Waals surface area contributed by atoms with Crippen LogP contribution in [0.4, 0.5) is 10.1 Å². The summed E-state index contributed by atoms with van der Waals surface area (Å²) in [5, 5.41) is 14.7. The number of aromatic nitrogens is 4. The quantitative estimate of drug-likeness (QED) is 0.590. The summed E-state index contributed by atoms with van der Waals surface area (Å²) in [5.74, 6) is -0.711. The second-order valence-corrected chi connectivity index (χ2v) is 6.57. The average Bonchev–Trinajstić information content (AvgIpc) is 3.24. The van der Waals surface area contributed by atoms with Gasteiger partial charge in [0.25, 0.3) is 5.91 Å². The zero-order valence-electron chi connectivity index (χ0n) is 12.5. The fourth-order valence-corrected chi connectivity index (χ4v) is 3.79. The number of thiophene rings is 1. The van der Waals surface area contributed by atoms with Crippen molar-refractivity contribution in [2.75, 3.05) is 5.32 Å². The fraction of sp³-hybridized carbons (Fsp3) is 0. The molecule has 2 heterocycles. The van der Waals surface area contributed by atoms with E-state index in [2.05, 4.69) is 20.8 Å². The maximum absolute atomic E-state index is 13.3. The Balaban J connectivity index is 1.59. The predicted octanol–water partition coefficient (Wildman–Crippen LogP) is 3.92. The SMILES string of the molecule is O=C(Nc1ccc(-n2cnnn2)cc1)c1sc2cc(F)ccc2c1Cl. The third kappa shape index (κ3) is 2.97. The van der Waals surface area contributed by atoms with Gasteiger partial charge in [-0.3, -0.25) is 4.79 Å². The molecular formula is C16H9ClFN5OS. The van der Waals surface area contributed by atoms with Gasteiger partial charge in [0.1, 0.15) is 17.0 Å². The van der Waals surface area contributed by atoms with Gasteiger partial charge in [-0.05, 0) is 52.9 Å². The minimum absolute atomic E-state index is 0.322. The first-order valence-corrected chi connectivity index (χ1v) is 8.33. The van der Waals surface area contributed by atoms with Crippen molar-refractivity contribution >= 4 is 44.6 Å². The van der Waals surface area contributed by atoms with Crippen LogP contribution in [0.3, 0.4) is 0 Å². The van der Waals surface area contributed by atoms with Gasteiger partial charge in [0.2, 0.25) is 0 Å². The molecule has 1 amide bonds. The van der Waals surface area contributed by atoms with Crippen LogP contribution in [0.25, 0.3) is 15.8 Å². The molecule has 1 N–H and O–H groups in total. The zero-order valence-corrected chi connectivity index (χ0v) is 14.1. The first kappa shape index (κ1) is 15.7. The molecule has 0 unspecified atom stereocenters. The molecule has 0 atom stereocenters. The van der Waals surface area contributed by atoms with Gasteiger partial charge in [-0.15, -0.1) is 16.4 Å². The van der Waals surface area contributed by atoms with Crippen LogP contribution in [0, 0.1) is 5.82 Å². The van der Waals surface area contributed by atoms with Gasteiger partial charge < -0.3 is 5.32 Å². The molecule has 0 saturated carbocycles. The van der Waals surface area contributed by atoms with Crippen molar-refractivity contribution in [1.29, 1.82) is 0 Å². The highest BCUT2D eigenvalue weighted by Crippen LogP contribution is 2.36. The first-order valence-electron chi connectivity index (χ1n) is 7.14. The normalized spacial score (nSPS) is 11.0.